The zero-order valence-electron chi connectivity index (χ0n) is 9.55. The number of nitrogens with zero attached hydrogens (tertiary/aromatic N) is 2. The molecule has 90 valence electrons. The van der Waals surface area contributed by atoms with E-state index in [1.54, 1.807) is 18.3 Å². The highest BCUT2D eigenvalue weighted by atomic mass is 32.2. The molecule has 0 saturated carbocycles. The Morgan fingerprint density at radius 1 is 1.50 bits per heavy atom. The van der Waals surface area contributed by atoms with Crippen molar-refractivity contribution >= 4 is 15.7 Å². The van der Waals surface area contributed by atoms with Gasteiger partial charge in [-0.05, 0) is 19.1 Å². The van der Waals surface area contributed by atoms with E-state index in [1.165, 1.54) is 6.26 Å². The summed E-state index contributed by atoms with van der Waals surface area (Å²) in [7, 11) is -3.25. The lowest BCUT2D eigenvalue weighted by Crippen LogP contribution is -2.31. The van der Waals surface area contributed by atoms with E-state index < -0.39 is 9.84 Å². The van der Waals surface area contributed by atoms with Gasteiger partial charge in [-0.15, -0.1) is 0 Å². The molecule has 0 fully saturated rings. The fraction of sp³-hybridized carbons (Fsp3) is 0.500. The second kappa shape index (κ2) is 5.27. The third-order valence-corrected chi connectivity index (χ3v) is 3.35. The van der Waals surface area contributed by atoms with Gasteiger partial charge in [-0.1, -0.05) is 0 Å². The van der Waals surface area contributed by atoms with Gasteiger partial charge in [0.05, 0.1) is 0 Å². The Bertz CT molecular complexity index is 445. The normalized spacial score (nSPS) is 11.4. The maximum absolute atomic E-state index is 11.6. The molecule has 0 atom stereocenters. The summed E-state index contributed by atoms with van der Waals surface area (Å²) in [5, 5.41) is 0. The minimum absolute atomic E-state index is 0.255. The van der Waals surface area contributed by atoms with E-state index in [0.29, 0.717) is 25.5 Å². The maximum Gasteiger partial charge on any atom is 0.179 e. The fourth-order valence-electron chi connectivity index (χ4n) is 1.48. The van der Waals surface area contributed by atoms with Crippen LogP contribution in [0.3, 0.4) is 0 Å². The van der Waals surface area contributed by atoms with Crippen LogP contribution < -0.4 is 10.6 Å². The predicted molar refractivity (Wildman–Crippen MR) is 64.3 cm³/mol. The summed E-state index contributed by atoms with van der Waals surface area (Å²) >= 11 is 0. The van der Waals surface area contributed by atoms with E-state index >= 15 is 0 Å². The first-order chi connectivity index (χ1) is 7.50. The molecule has 0 aliphatic carbocycles. The van der Waals surface area contributed by atoms with Gasteiger partial charge in [0, 0.05) is 32.1 Å². The molecule has 1 heterocycles. The van der Waals surface area contributed by atoms with Crippen LogP contribution in [0.15, 0.2) is 23.2 Å². The lowest BCUT2D eigenvalue weighted by molar-refractivity contribution is 0.600. The molecule has 1 rings (SSSR count). The third-order valence-electron chi connectivity index (χ3n) is 2.23. The summed E-state index contributed by atoms with van der Waals surface area (Å²) in [6.07, 6.45) is 2.77. The Morgan fingerprint density at radius 3 is 2.69 bits per heavy atom. The van der Waals surface area contributed by atoms with Crippen LogP contribution in [0.5, 0.6) is 0 Å². The smallest absolute Gasteiger partial charge is 0.179 e. The lowest BCUT2D eigenvalue weighted by Gasteiger charge is -2.22. The van der Waals surface area contributed by atoms with Crippen LogP contribution in [0.2, 0.25) is 0 Å². The van der Waals surface area contributed by atoms with Gasteiger partial charge in [-0.3, -0.25) is 0 Å². The molecule has 0 radical (unpaired) electrons. The molecule has 1 aromatic rings. The summed E-state index contributed by atoms with van der Waals surface area (Å²) in [4.78, 5) is 6.24. The number of aromatic nitrogens is 1. The zero-order chi connectivity index (χ0) is 12.2. The second-order valence-electron chi connectivity index (χ2n) is 3.47. The SMILES string of the molecule is CCN(CCN)c1ncccc1S(C)(=O)=O. The number of nitrogens with two attached hydrogens (primary N) is 1. The van der Waals surface area contributed by atoms with E-state index in [-0.39, 0.29) is 4.90 Å². The van der Waals surface area contributed by atoms with Crippen molar-refractivity contribution in [2.24, 2.45) is 5.73 Å². The van der Waals surface area contributed by atoms with Crippen molar-refractivity contribution in [3.63, 3.8) is 0 Å². The molecule has 0 saturated heterocycles. The number of anilines is 1. The maximum atomic E-state index is 11.6. The van der Waals surface area contributed by atoms with Crippen molar-refractivity contribution in [2.45, 2.75) is 11.8 Å². The average molecular weight is 243 g/mol. The molecule has 0 amide bonds. The molecule has 0 aliphatic rings. The van der Waals surface area contributed by atoms with Crippen LogP contribution in [0.1, 0.15) is 6.92 Å². The molecule has 0 spiro atoms. The second-order valence-corrected chi connectivity index (χ2v) is 5.45. The summed E-state index contributed by atoms with van der Waals surface area (Å²) in [5.74, 6) is 0.484. The highest BCUT2D eigenvalue weighted by Gasteiger charge is 2.17. The predicted octanol–water partition coefficient (Wildman–Crippen LogP) is 0.270. The Kier molecular flexibility index (Phi) is 4.26. The molecular weight excluding hydrogens is 226 g/mol. The fourth-order valence-corrected chi connectivity index (χ4v) is 2.32. The molecule has 1 aromatic heterocycles. The molecule has 16 heavy (non-hydrogen) atoms. The van der Waals surface area contributed by atoms with Gasteiger partial charge >= 0.3 is 0 Å². The molecule has 6 heteroatoms. The van der Waals surface area contributed by atoms with Crippen LogP contribution in [-0.4, -0.2) is 39.3 Å². The van der Waals surface area contributed by atoms with Crippen molar-refractivity contribution < 1.29 is 8.42 Å². The first-order valence-corrected chi connectivity index (χ1v) is 7.00. The monoisotopic (exact) mass is 243 g/mol. The van der Waals surface area contributed by atoms with Crippen LogP contribution in [0, 0.1) is 0 Å². The summed E-state index contributed by atoms with van der Waals surface area (Å²) in [5.41, 5.74) is 5.48. The zero-order valence-corrected chi connectivity index (χ0v) is 10.4. The summed E-state index contributed by atoms with van der Waals surface area (Å²) in [6.45, 7) is 3.68. The van der Waals surface area contributed by atoms with Crippen LogP contribution >= 0.6 is 0 Å². The Hall–Kier alpha value is -1.14. The standard InChI is InChI=1S/C10H17N3O2S/c1-3-13(8-6-11)10-9(16(2,14)15)5-4-7-12-10/h4-5,7H,3,6,8,11H2,1-2H3. The molecule has 0 aromatic carbocycles. The largest absolute Gasteiger partial charge is 0.355 e. The molecule has 5 nitrogen and oxygen atoms in total. The van der Waals surface area contributed by atoms with Gasteiger partial charge in [-0.25, -0.2) is 13.4 Å². The Labute approximate surface area is 96.2 Å². The summed E-state index contributed by atoms with van der Waals surface area (Å²) < 4.78 is 23.2. The number of sulfone groups is 1. The van der Waals surface area contributed by atoms with Crippen LogP contribution in [-0.2, 0) is 9.84 Å². The molecule has 0 unspecified atom stereocenters. The van der Waals surface area contributed by atoms with Crippen molar-refractivity contribution in [3.8, 4) is 0 Å². The van der Waals surface area contributed by atoms with Gasteiger partial charge in [0.15, 0.2) is 9.84 Å². The Morgan fingerprint density at radius 2 is 2.19 bits per heavy atom. The van der Waals surface area contributed by atoms with E-state index in [4.69, 9.17) is 5.73 Å². The number of likely N-dealkylation sites (N-methyl/N-ethyl adjacent to an activating group) is 1. The molecule has 0 aliphatic heterocycles. The number of hydrogen-bond acceptors (Lipinski definition) is 5. The van der Waals surface area contributed by atoms with Crippen molar-refractivity contribution in [2.75, 3.05) is 30.8 Å². The van der Waals surface area contributed by atoms with E-state index in [0.717, 1.165) is 0 Å². The number of pyridine rings is 1. The molecular formula is C10H17N3O2S. The quantitative estimate of drug-likeness (QED) is 0.803. The lowest BCUT2D eigenvalue weighted by atomic mass is 10.4. The number of rotatable bonds is 5. The highest BCUT2D eigenvalue weighted by molar-refractivity contribution is 7.90. The summed E-state index contributed by atoms with van der Waals surface area (Å²) in [6, 6.07) is 3.19. The minimum Gasteiger partial charge on any atom is -0.355 e. The van der Waals surface area contributed by atoms with Gasteiger partial charge in [0.2, 0.25) is 0 Å². The van der Waals surface area contributed by atoms with Crippen LogP contribution in [0.25, 0.3) is 0 Å². The van der Waals surface area contributed by atoms with Gasteiger partial charge in [0.25, 0.3) is 0 Å². The van der Waals surface area contributed by atoms with Crippen molar-refractivity contribution in [1.29, 1.82) is 0 Å². The Balaban J connectivity index is 3.22. The van der Waals surface area contributed by atoms with Gasteiger partial charge in [0.1, 0.15) is 10.7 Å². The highest BCUT2D eigenvalue weighted by Crippen LogP contribution is 2.21. The van der Waals surface area contributed by atoms with Crippen LogP contribution in [0.4, 0.5) is 5.82 Å². The van der Waals surface area contributed by atoms with Crippen molar-refractivity contribution in [1.82, 2.24) is 4.98 Å². The topological polar surface area (TPSA) is 76.3 Å². The average Bonchev–Trinajstić information content (AvgIpc) is 2.25. The number of hydrogen-bond donors (Lipinski definition) is 1. The van der Waals surface area contributed by atoms with Gasteiger partial charge in [-0.2, -0.15) is 0 Å². The molecule has 2 N–H and O–H groups in total. The minimum atomic E-state index is -3.25. The van der Waals surface area contributed by atoms with Gasteiger partial charge < -0.3 is 10.6 Å². The first kappa shape index (κ1) is 12.9. The van der Waals surface area contributed by atoms with E-state index in [2.05, 4.69) is 4.98 Å². The first-order valence-electron chi connectivity index (χ1n) is 5.10. The van der Waals surface area contributed by atoms with E-state index in [9.17, 15) is 8.42 Å². The third kappa shape index (κ3) is 2.93. The molecule has 0 bridgehead atoms. The van der Waals surface area contributed by atoms with Crippen molar-refractivity contribution in [3.05, 3.63) is 18.3 Å². The van der Waals surface area contributed by atoms with E-state index in [1.807, 2.05) is 11.8 Å².